The summed E-state index contributed by atoms with van der Waals surface area (Å²) in [4.78, 5) is 0. The van der Waals surface area contributed by atoms with Crippen LogP contribution in [0, 0.1) is 5.41 Å². The van der Waals surface area contributed by atoms with Crippen LogP contribution in [0.15, 0.2) is 72.4 Å². The van der Waals surface area contributed by atoms with Crippen molar-refractivity contribution in [2.24, 2.45) is 5.41 Å². The zero-order chi connectivity index (χ0) is 16.2. The normalized spacial score (nSPS) is 14.2. The fourth-order valence-corrected chi connectivity index (χ4v) is 4.78. The molecular formula is C21H28Si. The fraction of sp³-hybridized carbons (Fsp3) is 0.333. The second-order valence-corrected chi connectivity index (χ2v) is 12.1. The summed E-state index contributed by atoms with van der Waals surface area (Å²) in [6.45, 7) is 11.8. The van der Waals surface area contributed by atoms with E-state index in [1.54, 1.807) is 0 Å². The molecule has 0 aliphatic carbocycles. The third-order valence-electron chi connectivity index (χ3n) is 4.31. The van der Waals surface area contributed by atoms with Crippen LogP contribution in [0.4, 0.5) is 0 Å². The van der Waals surface area contributed by atoms with Crippen molar-refractivity contribution in [3.8, 4) is 0 Å². The van der Waals surface area contributed by atoms with Crippen LogP contribution in [0.2, 0.25) is 13.1 Å². The average molecular weight is 309 g/mol. The molecule has 0 fully saturated rings. The molecule has 1 unspecified atom stereocenters. The molecule has 2 rings (SSSR count). The highest BCUT2D eigenvalue weighted by Crippen LogP contribution is 2.36. The van der Waals surface area contributed by atoms with Crippen molar-refractivity contribution < 1.29 is 0 Å². The summed E-state index contributed by atoms with van der Waals surface area (Å²) < 4.78 is 0. The Hall–Kier alpha value is -1.60. The summed E-state index contributed by atoms with van der Waals surface area (Å²) in [6, 6.07) is 21.8. The van der Waals surface area contributed by atoms with E-state index in [4.69, 9.17) is 0 Å². The Morgan fingerprint density at radius 1 is 0.818 bits per heavy atom. The van der Waals surface area contributed by atoms with E-state index >= 15 is 0 Å². The van der Waals surface area contributed by atoms with Crippen LogP contribution in [0.3, 0.4) is 0 Å². The largest absolute Gasteiger partial charge is 0.103 e. The van der Waals surface area contributed by atoms with Crippen LogP contribution >= 0.6 is 0 Å². The minimum atomic E-state index is -1.53. The van der Waals surface area contributed by atoms with Gasteiger partial charge in [-0.25, -0.2) is 0 Å². The van der Waals surface area contributed by atoms with Gasteiger partial charge in [0.2, 0.25) is 0 Å². The molecule has 0 saturated carbocycles. The van der Waals surface area contributed by atoms with Gasteiger partial charge in [-0.1, -0.05) is 111 Å². The van der Waals surface area contributed by atoms with Crippen molar-refractivity contribution in [3.05, 3.63) is 78.0 Å². The second kappa shape index (κ2) is 6.66. The van der Waals surface area contributed by atoms with Gasteiger partial charge in [-0.15, -0.1) is 0 Å². The molecule has 1 atom stereocenters. The second-order valence-electron chi connectivity index (χ2n) is 7.70. The smallest absolute Gasteiger partial charge is 0.0936 e. The molecule has 0 nitrogen and oxygen atoms in total. The van der Waals surface area contributed by atoms with Gasteiger partial charge in [-0.3, -0.25) is 0 Å². The minimum Gasteiger partial charge on any atom is -0.0936 e. The SMILES string of the molecule is CC(C)(C)C(/C=C/[Si](C)(C)c1ccccc1)c1ccccc1. The van der Waals surface area contributed by atoms with Gasteiger partial charge < -0.3 is 0 Å². The highest BCUT2D eigenvalue weighted by atomic mass is 28.3. The summed E-state index contributed by atoms with van der Waals surface area (Å²) in [5.74, 6) is 0.448. The number of hydrogen-bond acceptors (Lipinski definition) is 0. The number of allylic oxidation sites excluding steroid dienone is 1. The first-order valence-corrected chi connectivity index (χ1v) is 11.2. The molecule has 0 heterocycles. The summed E-state index contributed by atoms with van der Waals surface area (Å²) in [6.07, 6.45) is 2.45. The maximum atomic E-state index is 2.51. The van der Waals surface area contributed by atoms with E-state index in [1.165, 1.54) is 10.8 Å². The molecule has 1 heteroatoms. The standard InChI is InChI=1S/C21H28Si/c1-21(2,3)20(18-12-8-6-9-13-18)16-17-22(4,5)19-14-10-7-11-15-19/h6-17,20H,1-5H3/b17-16+. The lowest BCUT2D eigenvalue weighted by Crippen LogP contribution is -2.39. The highest BCUT2D eigenvalue weighted by molar-refractivity contribution is 6.93. The van der Waals surface area contributed by atoms with Crippen molar-refractivity contribution in [1.82, 2.24) is 0 Å². The molecule has 0 aliphatic rings. The van der Waals surface area contributed by atoms with E-state index in [1.807, 2.05) is 0 Å². The Morgan fingerprint density at radius 3 is 1.82 bits per heavy atom. The Balaban J connectivity index is 2.32. The van der Waals surface area contributed by atoms with Gasteiger partial charge in [0.25, 0.3) is 0 Å². The Labute approximate surface area is 136 Å². The lowest BCUT2D eigenvalue weighted by Gasteiger charge is -2.30. The van der Waals surface area contributed by atoms with E-state index < -0.39 is 8.07 Å². The maximum absolute atomic E-state index is 2.51. The number of benzene rings is 2. The summed E-state index contributed by atoms with van der Waals surface area (Å²) >= 11 is 0. The van der Waals surface area contributed by atoms with Gasteiger partial charge >= 0.3 is 0 Å². The molecule has 116 valence electrons. The number of rotatable bonds is 4. The topological polar surface area (TPSA) is 0 Å². The third kappa shape index (κ3) is 4.20. The molecule has 0 amide bonds. The van der Waals surface area contributed by atoms with Crippen LogP contribution in [-0.4, -0.2) is 8.07 Å². The van der Waals surface area contributed by atoms with E-state index in [0.717, 1.165) is 0 Å². The Kier molecular flexibility index (Phi) is 5.07. The first-order chi connectivity index (χ1) is 10.3. The van der Waals surface area contributed by atoms with Crippen molar-refractivity contribution >= 4 is 13.3 Å². The quantitative estimate of drug-likeness (QED) is 0.652. The van der Waals surface area contributed by atoms with Crippen LogP contribution < -0.4 is 5.19 Å². The van der Waals surface area contributed by atoms with E-state index in [2.05, 4.69) is 106 Å². The summed E-state index contributed by atoms with van der Waals surface area (Å²) in [5, 5.41) is 1.49. The first kappa shape index (κ1) is 16.8. The molecule has 0 radical (unpaired) electrons. The predicted molar refractivity (Wildman–Crippen MR) is 101 cm³/mol. The van der Waals surface area contributed by atoms with Crippen molar-refractivity contribution in [2.45, 2.75) is 39.8 Å². The van der Waals surface area contributed by atoms with Crippen molar-refractivity contribution in [1.29, 1.82) is 0 Å². The van der Waals surface area contributed by atoms with Gasteiger partial charge in [0.15, 0.2) is 0 Å². The van der Waals surface area contributed by atoms with Crippen LogP contribution in [0.1, 0.15) is 32.3 Å². The minimum absolute atomic E-state index is 0.221. The van der Waals surface area contributed by atoms with E-state index in [0.29, 0.717) is 5.92 Å². The Morgan fingerprint density at radius 2 is 1.32 bits per heavy atom. The molecule has 2 aromatic carbocycles. The molecule has 22 heavy (non-hydrogen) atoms. The zero-order valence-electron chi connectivity index (χ0n) is 14.5. The zero-order valence-corrected chi connectivity index (χ0v) is 15.5. The molecular weight excluding hydrogens is 280 g/mol. The van der Waals surface area contributed by atoms with Gasteiger partial charge in [0.1, 0.15) is 8.07 Å². The molecule has 0 saturated heterocycles. The predicted octanol–water partition coefficient (Wildman–Crippen LogP) is 5.53. The fourth-order valence-electron chi connectivity index (χ4n) is 2.86. The summed E-state index contributed by atoms with van der Waals surface area (Å²) in [7, 11) is -1.53. The maximum Gasteiger partial charge on any atom is 0.103 e. The molecule has 0 N–H and O–H groups in total. The summed E-state index contributed by atoms with van der Waals surface area (Å²) in [5.41, 5.74) is 4.13. The first-order valence-electron chi connectivity index (χ1n) is 8.10. The van der Waals surface area contributed by atoms with Gasteiger partial charge in [-0.05, 0) is 11.0 Å². The van der Waals surface area contributed by atoms with Crippen molar-refractivity contribution in [3.63, 3.8) is 0 Å². The lowest BCUT2D eigenvalue weighted by atomic mass is 9.77. The van der Waals surface area contributed by atoms with E-state index in [9.17, 15) is 0 Å². The van der Waals surface area contributed by atoms with Crippen LogP contribution in [-0.2, 0) is 0 Å². The molecule has 0 spiro atoms. The highest BCUT2D eigenvalue weighted by Gasteiger charge is 2.26. The monoisotopic (exact) mass is 308 g/mol. The lowest BCUT2D eigenvalue weighted by molar-refractivity contribution is 0.366. The van der Waals surface area contributed by atoms with Gasteiger partial charge in [0.05, 0.1) is 0 Å². The molecule has 2 aromatic rings. The molecule has 0 aliphatic heterocycles. The van der Waals surface area contributed by atoms with Gasteiger partial charge in [0, 0.05) is 5.92 Å². The van der Waals surface area contributed by atoms with E-state index in [-0.39, 0.29) is 5.41 Å². The van der Waals surface area contributed by atoms with Crippen LogP contribution in [0.25, 0.3) is 0 Å². The number of hydrogen-bond donors (Lipinski definition) is 0. The van der Waals surface area contributed by atoms with Crippen LogP contribution in [0.5, 0.6) is 0 Å². The Bertz CT molecular complexity index is 603. The van der Waals surface area contributed by atoms with Crippen molar-refractivity contribution in [2.75, 3.05) is 0 Å². The molecule has 0 bridgehead atoms. The third-order valence-corrected chi connectivity index (χ3v) is 7.16. The average Bonchev–Trinajstić information content (AvgIpc) is 2.48. The van der Waals surface area contributed by atoms with Gasteiger partial charge in [-0.2, -0.15) is 0 Å². The molecule has 0 aromatic heterocycles.